The number of rotatable bonds is 4. The minimum atomic E-state index is -1.16. The molecule has 0 aromatic carbocycles. The quantitative estimate of drug-likeness (QED) is 0.783. The maximum absolute atomic E-state index is 12.0. The molecule has 2 aromatic rings. The van der Waals surface area contributed by atoms with Gasteiger partial charge in [0.05, 0.1) is 17.3 Å². The Morgan fingerprint density at radius 2 is 2.32 bits per heavy atom. The summed E-state index contributed by atoms with van der Waals surface area (Å²) in [5, 5.41) is 15.3. The molecule has 1 atom stereocenters. The predicted molar refractivity (Wildman–Crippen MR) is 67.5 cm³/mol. The van der Waals surface area contributed by atoms with E-state index in [0.717, 1.165) is 0 Å². The number of nitrogens with zero attached hydrogens (tertiary/aromatic N) is 2. The van der Waals surface area contributed by atoms with Crippen LogP contribution in [0, 0.1) is 12.3 Å². The summed E-state index contributed by atoms with van der Waals surface area (Å²) in [6.45, 7) is 0. The zero-order chi connectivity index (χ0) is 13.8. The first-order valence-corrected chi connectivity index (χ1v) is 5.53. The van der Waals surface area contributed by atoms with Crippen LogP contribution in [0.15, 0.2) is 30.6 Å². The highest BCUT2D eigenvalue weighted by Crippen LogP contribution is 2.10. The standard InChI is InChI=1S/C13H11N3O3/c1-2-5-10(13(18)19)15-12(17)9-8-14-16-7-4-3-6-11(9)16/h1,3-4,6-8,10H,5H2,(H,15,17)(H,18,19). The average Bonchev–Trinajstić information content (AvgIpc) is 2.81. The summed E-state index contributed by atoms with van der Waals surface area (Å²) in [6, 6.07) is 4.17. The Morgan fingerprint density at radius 3 is 3.00 bits per heavy atom. The molecule has 19 heavy (non-hydrogen) atoms. The van der Waals surface area contributed by atoms with Gasteiger partial charge in [0.2, 0.25) is 0 Å². The lowest BCUT2D eigenvalue weighted by molar-refractivity contribution is -0.139. The van der Waals surface area contributed by atoms with Crippen LogP contribution in [0.2, 0.25) is 0 Å². The molecule has 1 unspecified atom stereocenters. The third kappa shape index (κ3) is 2.55. The number of terminal acetylenes is 1. The molecule has 2 rings (SSSR count). The zero-order valence-electron chi connectivity index (χ0n) is 9.91. The van der Waals surface area contributed by atoms with Gasteiger partial charge in [0.25, 0.3) is 5.91 Å². The first-order valence-electron chi connectivity index (χ1n) is 5.53. The van der Waals surface area contributed by atoms with Crippen LogP contribution < -0.4 is 5.32 Å². The Bertz CT molecular complexity index is 669. The van der Waals surface area contributed by atoms with Crippen molar-refractivity contribution in [2.45, 2.75) is 12.5 Å². The van der Waals surface area contributed by atoms with E-state index in [2.05, 4.69) is 16.3 Å². The van der Waals surface area contributed by atoms with Crippen molar-refractivity contribution >= 4 is 17.4 Å². The molecule has 0 spiro atoms. The fourth-order valence-electron chi connectivity index (χ4n) is 1.66. The number of pyridine rings is 1. The van der Waals surface area contributed by atoms with Crippen LogP contribution in [0.4, 0.5) is 0 Å². The lowest BCUT2D eigenvalue weighted by atomic mass is 10.2. The Morgan fingerprint density at radius 1 is 1.53 bits per heavy atom. The molecule has 0 aliphatic heterocycles. The summed E-state index contributed by atoms with van der Waals surface area (Å²) in [5.74, 6) is 0.546. The van der Waals surface area contributed by atoms with Gasteiger partial charge in [0.15, 0.2) is 0 Å². The van der Waals surface area contributed by atoms with Gasteiger partial charge in [-0.25, -0.2) is 9.31 Å². The number of carbonyl (C=O) groups excluding carboxylic acids is 1. The van der Waals surface area contributed by atoms with E-state index in [4.69, 9.17) is 11.5 Å². The van der Waals surface area contributed by atoms with Crippen LogP contribution in [0.3, 0.4) is 0 Å². The molecule has 0 aliphatic rings. The summed E-state index contributed by atoms with van der Waals surface area (Å²) in [5.41, 5.74) is 0.911. The maximum Gasteiger partial charge on any atom is 0.327 e. The van der Waals surface area contributed by atoms with Gasteiger partial charge in [-0.05, 0) is 12.1 Å². The van der Waals surface area contributed by atoms with E-state index in [-0.39, 0.29) is 6.42 Å². The van der Waals surface area contributed by atoms with E-state index < -0.39 is 17.9 Å². The van der Waals surface area contributed by atoms with Crippen LogP contribution in [0.5, 0.6) is 0 Å². The fraction of sp³-hybridized carbons (Fsp3) is 0.154. The molecule has 6 nitrogen and oxygen atoms in total. The van der Waals surface area contributed by atoms with Crippen molar-refractivity contribution in [3.05, 3.63) is 36.2 Å². The fourth-order valence-corrected chi connectivity index (χ4v) is 1.66. The highest BCUT2D eigenvalue weighted by molar-refractivity contribution is 6.02. The van der Waals surface area contributed by atoms with Gasteiger partial charge >= 0.3 is 5.97 Å². The number of carbonyl (C=O) groups is 2. The van der Waals surface area contributed by atoms with Crippen LogP contribution >= 0.6 is 0 Å². The van der Waals surface area contributed by atoms with Gasteiger partial charge in [0, 0.05) is 12.6 Å². The monoisotopic (exact) mass is 257 g/mol. The number of carboxylic acids is 1. The molecule has 96 valence electrons. The Hall–Kier alpha value is -2.81. The van der Waals surface area contributed by atoms with E-state index >= 15 is 0 Å². The van der Waals surface area contributed by atoms with E-state index in [1.807, 2.05) is 0 Å². The van der Waals surface area contributed by atoms with Crippen molar-refractivity contribution in [2.75, 3.05) is 0 Å². The number of aromatic nitrogens is 2. The van der Waals surface area contributed by atoms with E-state index in [1.165, 1.54) is 10.7 Å². The van der Waals surface area contributed by atoms with Crippen LogP contribution in [0.25, 0.3) is 5.52 Å². The van der Waals surface area contributed by atoms with Crippen molar-refractivity contribution in [2.24, 2.45) is 0 Å². The Labute approximate surface area is 109 Å². The van der Waals surface area contributed by atoms with Crippen molar-refractivity contribution < 1.29 is 14.7 Å². The highest BCUT2D eigenvalue weighted by Gasteiger charge is 2.21. The van der Waals surface area contributed by atoms with Gasteiger partial charge in [-0.15, -0.1) is 12.3 Å². The molecule has 1 amide bonds. The minimum Gasteiger partial charge on any atom is -0.480 e. The summed E-state index contributed by atoms with van der Waals surface area (Å²) in [7, 11) is 0. The summed E-state index contributed by atoms with van der Waals surface area (Å²) < 4.78 is 1.53. The largest absolute Gasteiger partial charge is 0.480 e. The van der Waals surface area contributed by atoms with Crippen molar-refractivity contribution in [3.8, 4) is 12.3 Å². The third-order valence-corrected chi connectivity index (χ3v) is 2.60. The zero-order valence-corrected chi connectivity index (χ0v) is 9.91. The maximum atomic E-state index is 12.0. The Kier molecular flexibility index (Phi) is 3.48. The number of carboxylic acid groups (broad SMARTS) is 1. The molecule has 6 heteroatoms. The topological polar surface area (TPSA) is 83.7 Å². The molecule has 0 saturated carbocycles. The number of fused-ring (bicyclic) bond motifs is 1. The van der Waals surface area contributed by atoms with E-state index in [9.17, 15) is 9.59 Å². The second-order valence-electron chi connectivity index (χ2n) is 3.86. The first kappa shape index (κ1) is 12.6. The van der Waals surface area contributed by atoms with Gasteiger partial charge < -0.3 is 10.4 Å². The smallest absolute Gasteiger partial charge is 0.327 e. The predicted octanol–water partition coefficient (Wildman–Crippen LogP) is 0.541. The molecule has 2 N–H and O–H groups in total. The number of aliphatic carboxylic acids is 1. The first-order chi connectivity index (χ1) is 9.13. The van der Waals surface area contributed by atoms with Crippen molar-refractivity contribution in [1.29, 1.82) is 0 Å². The number of hydrogen-bond acceptors (Lipinski definition) is 3. The number of nitrogens with one attached hydrogen (secondary N) is 1. The molecule has 0 saturated heterocycles. The number of amides is 1. The molecule has 2 heterocycles. The summed E-state index contributed by atoms with van der Waals surface area (Å²) in [6.07, 6.45) is 8.09. The summed E-state index contributed by atoms with van der Waals surface area (Å²) in [4.78, 5) is 22.9. The van der Waals surface area contributed by atoms with Crippen molar-refractivity contribution in [1.82, 2.24) is 14.9 Å². The molecule has 0 bridgehead atoms. The normalized spacial score (nSPS) is 11.7. The Balaban J connectivity index is 2.25. The molecule has 0 radical (unpaired) electrons. The van der Waals surface area contributed by atoms with Gasteiger partial charge in [-0.3, -0.25) is 4.79 Å². The van der Waals surface area contributed by atoms with Crippen molar-refractivity contribution in [3.63, 3.8) is 0 Å². The molecule has 0 fully saturated rings. The van der Waals surface area contributed by atoms with Gasteiger partial charge in [-0.2, -0.15) is 5.10 Å². The minimum absolute atomic E-state index is 0.0692. The third-order valence-electron chi connectivity index (χ3n) is 2.60. The lowest BCUT2D eigenvalue weighted by Crippen LogP contribution is -2.40. The average molecular weight is 257 g/mol. The van der Waals surface area contributed by atoms with Crippen LogP contribution in [-0.2, 0) is 4.79 Å². The van der Waals surface area contributed by atoms with Crippen LogP contribution in [-0.4, -0.2) is 32.6 Å². The summed E-state index contributed by atoms with van der Waals surface area (Å²) >= 11 is 0. The molecular formula is C13H11N3O3. The lowest BCUT2D eigenvalue weighted by Gasteiger charge is -2.10. The van der Waals surface area contributed by atoms with E-state index in [0.29, 0.717) is 11.1 Å². The van der Waals surface area contributed by atoms with Gasteiger partial charge in [0.1, 0.15) is 6.04 Å². The second kappa shape index (κ2) is 5.23. The molecule has 0 aliphatic carbocycles. The SMILES string of the molecule is C#CCC(NC(=O)c1cnn2ccccc12)C(=O)O. The molecular weight excluding hydrogens is 246 g/mol. The number of hydrogen-bond donors (Lipinski definition) is 2. The molecule has 2 aromatic heterocycles. The second-order valence-corrected chi connectivity index (χ2v) is 3.86. The van der Waals surface area contributed by atoms with Crippen LogP contribution in [0.1, 0.15) is 16.8 Å². The van der Waals surface area contributed by atoms with E-state index in [1.54, 1.807) is 24.4 Å². The van der Waals surface area contributed by atoms with Gasteiger partial charge in [-0.1, -0.05) is 6.07 Å². The highest BCUT2D eigenvalue weighted by atomic mass is 16.4.